The quantitative estimate of drug-likeness (QED) is 0.768. The first-order chi connectivity index (χ1) is 8.45. The molecular weight excluding hydrogens is 232 g/mol. The molecule has 104 valence electrons. The number of amides is 1. The number of aliphatic carboxylic acids is 1. The third-order valence-corrected chi connectivity index (χ3v) is 3.87. The van der Waals surface area contributed by atoms with E-state index in [0.29, 0.717) is 12.5 Å². The molecule has 1 amide bonds. The van der Waals surface area contributed by atoms with E-state index in [1.165, 1.54) is 0 Å². The Hall–Kier alpha value is -1.10. The van der Waals surface area contributed by atoms with E-state index in [-0.39, 0.29) is 24.3 Å². The van der Waals surface area contributed by atoms with Crippen LogP contribution < -0.4 is 5.32 Å². The Balaban J connectivity index is 2.55. The molecule has 3 atom stereocenters. The molecular formula is C13H24N2O3. The van der Waals surface area contributed by atoms with Crippen LogP contribution in [0.25, 0.3) is 0 Å². The molecule has 0 bridgehead atoms. The van der Waals surface area contributed by atoms with Crippen LogP contribution in [0.2, 0.25) is 0 Å². The molecule has 1 fully saturated rings. The fourth-order valence-electron chi connectivity index (χ4n) is 2.51. The summed E-state index contributed by atoms with van der Waals surface area (Å²) in [5, 5.41) is 11.8. The maximum absolute atomic E-state index is 12.1. The maximum Gasteiger partial charge on any atom is 0.303 e. The van der Waals surface area contributed by atoms with Crippen LogP contribution in [0, 0.1) is 11.8 Å². The molecule has 1 saturated heterocycles. The van der Waals surface area contributed by atoms with Gasteiger partial charge in [-0.15, -0.1) is 0 Å². The van der Waals surface area contributed by atoms with Gasteiger partial charge in [-0.3, -0.25) is 9.59 Å². The van der Waals surface area contributed by atoms with Crippen molar-refractivity contribution in [2.24, 2.45) is 11.8 Å². The number of nitrogens with one attached hydrogen (secondary N) is 1. The molecule has 5 nitrogen and oxygen atoms in total. The van der Waals surface area contributed by atoms with Crippen molar-refractivity contribution in [2.75, 3.05) is 20.1 Å². The van der Waals surface area contributed by atoms with Gasteiger partial charge in [0.25, 0.3) is 0 Å². The van der Waals surface area contributed by atoms with Crippen LogP contribution in [0.4, 0.5) is 0 Å². The largest absolute Gasteiger partial charge is 0.481 e. The van der Waals surface area contributed by atoms with Crippen molar-refractivity contribution in [2.45, 2.75) is 39.2 Å². The number of hydrogen-bond donors (Lipinski definition) is 2. The number of piperidine rings is 1. The molecule has 0 saturated carbocycles. The van der Waals surface area contributed by atoms with Crippen LogP contribution in [0.5, 0.6) is 0 Å². The Bertz CT molecular complexity index is 307. The summed E-state index contributed by atoms with van der Waals surface area (Å²) in [5.41, 5.74) is 0. The van der Waals surface area contributed by atoms with Gasteiger partial charge in [-0.25, -0.2) is 0 Å². The predicted molar refractivity (Wildman–Crippen MR) is 69.2 cm³/mol. The van der Waals surface area contributed by atoms with Gasteiger partial charge in [-0.1, -0.05) is 6.92 Å². The van der Waals surface area contributed by atoms with Gasteiger partial charge in [0, 0.05) is 19.5 Å². The minimum Gasteiger partial charge on any atom is -0.481 e. The van der Waals surface area contributed by atoms with Crippen LogP contribution in [0.3, 0.4) is 0 Å². The highest BCUT2D eigenvalue weighted by molar-refractivity contribution is 5.81. The zero-order valence-corrected chi connectivity index (χ0v) is 11.5. The molecule has 0 aromatic rings. The highest BCUT2D eigenvalue weighted by Crippen LogP contribution is 2.26. The van der Waals surface area contributed by atoms with Crippen LogP contribution in [-0.2, 0) is 9.59 Å². The van der Waals surface area contributed by atoms with Crippen molar-refractivity contribution in [1.29, 1.82) is 0 Å². The SMILES string of the molecule is CNC(C)C(=O)N1CCCC(C(C)CC(=O)O)C1. The first-order valence-electron chi connectivity index (χ1n) is 6.63. The monoisotopic (exact) mass is 256 g/mol. The minimum absolute atomic E-state index is 0.115. The van der Waals surface area contributed by atoms with E-state index in [9.17, 15) is 9.59 Å². The number of rotatable bonds is 5. The summed E-state index contributed by atoms with van der Waals surface area (Å²) in [6.45, 7) is 5.31. The number of likely N-dealkylation sites (N-methyl/N-ethyl adjacent to an activating group) is 1. The minimum atomic E-state index is -0.755. The number of carbonyl (C=O) groups is 2. The summed E-state index contributed by atoms with van der Waals surface area (Å²) < 4.78 is 0. The van der Waals surface area contributed by atoms with Crippen molar-refractivity contribution < 1.29 is 14.7 Å². The molecule has 3 unspecified atom stereocenters. The van der Waals surface area contributed by atoms with Crippen molar-refractivity contribution in [3.8, 4) is 0 Å². The lowest BCUT2D eigenvalue weighted by molar-refractivity contribution is -0.138. The van der Waals surface area contributed by atoms with Crippen molar-refractivity contribution in [1.82, 2.24) is 10.2 Å². The summed E-state index contributed by atoms with van der Waals surface area (Å²) in [5.74, 6) is -0.204. The standard InChI is InChI=1S/C13H24N2O3/c1-9(7-12(16)17)11-5-4-6-15(8-11)13(18)10(2)14-3/h9-11,14H,4-8H2,1-3H3,(H,16,17). The van der Waals surface area contributed by atoms with Crippen molar-refractivity contribution in [3.05, 3.63) is 0 Å². The fraction of sp³-hybridized carbons (Fsp3) is 0.846. The van der Waals surface area contributed by atoms with Gasteiger partial charge in [0.15, 0.2) is 0 Å². The van der Waals surface area contributed by atoms with E-state index in [1.807, 2.05) is 18.7 Å². The lowest BCUT2D eigenvalue weighted by Gasteiger charge is -2.36. The highest BCUT2D eigenvalue weighted by Gasteiger charge is 2.29. The number of nitrogens with zero attached hydrogens (tertiary/aromatic N) is 1. The Morgan fingerprint density at radius 2 is 2.11 bits per heavy atom. The summed E-state index contributed by atoms with van der Waals surface area (Å²) in [6, 6.07) is -0.168. The molecule has 0 aromatic heterocycles. The van der Waals surface area contributed by atoms with E-state index < -0.39 is 5.97 Å². The molecule has 0 spiro atoms. The number of carboxylic acid groups (broad SMARTS) is 1. The van der Waals surface area contributed by atoms with Crippen LogP contribution in [-0.4, -0.2) is 48.1 Å². The smallest absolute Gasteiger partial charge is 0.303 e. The lowest BCUT2D eigenvalue weighted by Crippen LogP contribution is -2.48. The van der Waals surface area contributed by atoms with Crippen LogP contribution >= 0.6 is 0 Å². The van der Waals surface area contributed by atoms with Crippen molar-refractivity contribution in [3.63, 3.8) is 0 Å². The number of carboxylic acids is 1. The summed E-state index contributed by atoms with van der Waals surface area (Å²) in [7, 11) is 1.77. The summed E-state index contributed by atoms with van der Waals surface area (Å²) in [4.78, 5) is 24.7. The topological polar surface area (TPSA) is 69.6 Å². The van der Waals surface area contributed by atoms with Crippen LogP contribution in [0.15, 0.2) is 0 Å². The highest BCUT2D eigenvalue weighted by atomic mass is 16.4. The van der Waals surface area contributed by atoms with Gasteiger partial charge < -0.3 is 15.3 Å². The Morgan fingerprint density at radius 3 is 2.67 bits per heavy atom. The van der Waals surface area contributed by atoms with E-state index in [2.05, 4.69) is 5.32 Å². The van der Waals surface area contributed by atoms with E-state index in [0.717, 1.165) is 19.4 Å². The van der Waals surface area contributed by atoms with Gasteiger partial charge in [-0.2, -0.15) is 0 Å². The Morgan fingerprint density at radius 1 is 1.44 bits per heavy atom. The first kappa shape index (κ1) is 15.0. The maximum atomic E-state index is 12.1. The van der Waals surface area contributed by atoms with Gasteiger partial charge in [0.1, 0.15) is 0 Å². The second kappa shape index (κ2) is 6.73. The normalized spacial score (nSPS) is 23.5. The molecule has 18 heavy (non-hydrogen) atoms. The molecule has 1 heterocycles. The number of likely N-dealkylation sites (tertiary alicyclic amines) is 1. The van der Waals surface area contributed by atoms with Gasteiger partial charge in [0.05, 0.1) is 6.04 Å². The molecule has 2 N–H and O–H groups in total. The fourth-order valence-corrected chi connectivity index (χ4v) is 2.51. The van der Waals surface area contributed by atoms with E-state index in [1.54, 1.807) is 7.05 Å². The Kier molecular flexibility index (Phi) is 5.59. The predicted octanol–water partition coefficient (Wildman–Crippen LogP) is 0.944. The molecule has 1 rings (SSSR count). The second-order valence-electron chi connectivity index (χ2n) is 5.27. The third-order valence-electron chi connectivity index (χ3n) is 3.87. The van der Waals surface area contributed by atoms with Gasteiger partial charge in [-0.05, 0) is 38.6 Å². The third kappa shape index (κ3) is 3.98. The number of hydrogen-bond acceptors (Lipinski definition) is 3. The average molecular weight is 256 g/mol. The zero-order valence-electron chi connectivity index (χ0n) is 11.5. The molecule has 0 aromatic carbocycles. The summed E-state index contributed by atoms with van der Waals surface area (Å²) in [6.07, 6.45) is 2.18. The van der Waals surface area contributed by atoms with Crippen molar-refractivity contribution >= 4 is 11.9 Å². The van der Waals surface area contributed by atoms with Gasteiger partial charge >= 0.3 is 5.97 Å². The second-order valence-corrected chi connectivity index (χ2v) is 5.27. The van der Waals surface area contributed by atoms with E-state index >= 15 is 0 Å². The Labute approximate surface area is 109 Å². The molecule has 5 heteroatoms. The molecule has 1 aliphatic heterocycles. The molecule has 0 aliphatic carbocycles. The van der Waals surface area contributed by atoms with Crippen LogP contribution in [0.1, 0.15) is 33.1 Å². The van der Waals surface area contributed by atoms with Gasteiger partial charge in [0.2, 0.25) is 5.91 Å². The van der Waals surface area contributed by atoms with E-state index in [4.69, 9.17) is 5.11 Å². The first-order valence-corrected chi connectivity index (χ1v) is 6.63. The zero-order chi connectivity index (χ0) is 13.7. The molecule has 1 aliphatic rings. The summed E-state index contributed by atoms with van der Waals surface area (Å²) >= 11 is 0. The lowest BCUT2D eigenvalue weighted by atomic mass is 9.84. The molecule has 0 radical (unpaired) electrons. The average Bonchev–Trinajstić information content (AvgIpc) is 2.36. The number of carbonyl (C=O) groups excluding carboxylic acids is 1.